The van der Waals surface area contributed by atoms with Gasteiger partial charge in [0.15, 0.2) is 0 Å². The maximum atomic E-state index is 13.8. The zero-order valence-electron chi connectivity index (χ0n) is 16.5. The van der Waals surface area contributed by atoms with Gasteiger partial charge in [-0.3, -0.25) is 4.79 Å². The smallest absolute Gasteiger partial charge is 0.311 e. The summed E-state index contributed by atoms with van der Waals surface area (Å²) in [6, 6.07) is 3.24. The van der Waals surface area contributed by atoms with Gasteiger partial charge in [-0.15, -0.1) is 4.72 Å². The van der Waals surface area contributed by atoms with Gasteiger partial charge in [-0.2, -0.15) is 0 Å². The molecule has 0 saturated carbocycles. The molecule has 0 aliphatic rings. The van der Waals surface area contributed by atoms with Crippen LogP contribution in [0.5, 0.6) is 0 Å². The molecular formula is C19H29F2NO3S. The van der Waals surface area contributed by atoms with Crippen LogP contribution in [-0.2, 0) is 26.4 Å². The Labute approximate surface area is 158 Å². The molecular weight excluding hydrogens is 360 g/mol. The number of carbonyl (C=O) groups is 1. The van der Waals surface area contributed by atoms with Gasteiger partial charge in [0.2, 0.25) is 0 Å². The molecule has 0 unspecified atom stereocenters. The Morgan fingerprint density at radius 1 is 1.08 bits per heavy atom. The molecule has 0 radical (unpaired) electrons. The number of esters is 1. The Balaban J connectivity index is 3.22. The molecule has 1 aromatic carbocycles. The van der Waals surface area contributed by atoms with E-state index in [1.165, 1.54) is 19.2 Å². The van der Waals surface area contributed by atoms with Crippen LogP contribution in [0.3, 0.4) is 0 Å². The molecule has 7 heteroatoms. The number of hydrogen-bond donors (Lipinski definition) is 1. The number of hydrogen-bond acceptors (Lipinski definition) is 4. The van der Waals surface area contributed by atoms with Crippen molar-refractivity contribution in [2.75, 3.05) is 7.11 Å². The third kappa shape index (κ3) is 5.93. The molecule has 0 aromatic heterocycles. The molecule has 0 amide bonds. The van der Waals surface area contributed by atoms with E-state index in [0.717, 1.165) is 6.07 Å². The summed E-state index contributed by atoms with van der Waals surface area (Å²) >= 11 is -1.47. The van der Waals surface area contributed by atoms with Crippen molar-refractivity contribution in [1.82, 2.24) is 4.72 Å². The van der Waals surface area contributed by atoms with E-state index >= 15 is 0 Å². The molecule has 2 atom stereocenters. The Kier molecular flexibility index (Phi) is 7.24. The largest absolute Gasteiger partial charge is 0.598 e. The lowest BCUT2D eigenvalue weighted by molar-refractivity contribution is -0.151. The fourth-order valence-electron chi connectivity index (χ4n) is 2.43. The van der Waals surface area contributed by atoms with Crippen LogP contribution in [0.25, 0.3) is 0 Å². The number of ether oxygens (including phenoxy) is 1. The summed E-state index contributed by atoms with van der Waals surface area (Å²) in [6.45, 7) is 10.6. The van der Waals surface area contributed by atoms with Crippen LogP contribution in [0.1, 0.15) is 59.9 Å². The van der Waals surface area contributed by atoms with Crippen LogP contribution in [-0.4, -0.2) is 22.4 Å². The fourth-order valence-corrected chi connectivity index (χ4v) is 3.36. The number of nitrogens with one attached hydrogen (secondary N) is 1. The molecule has 0 heterocycles. The Morgan fingerprint density at radius 3 is 2.00 bits per heavy atom. The maximum Gasteiger partial charge on any atom is 0.311 e. The first-order valence-electron chi connectivity index (χ1n) is 8.46. The Hall–Kier alpha value is -1.18. The van der Waals surface area contributed by atoms with Gasteiger partial charge in [-0.05, 0) is 72.1 Å². The van der Waals surface area contributed by atoms with Crippen LogP contribution in [0.15, 0.2) is 18.2 Å². The first-order valence-corrected chi connectivity index (χ1v) is 9.61. The molecule has 0 spiro atoms. The van der Waals surface area contributed by atoms with E-state index in [-0.39, 0.29) is 5.97 Å². The highest BCUT2D eigenvalue weighted by atomic mass is 32.2. The van der Waals surface area contributed by atoms with E-state index in [2.05, 4.69) is 4.72 Å². The highest BCUT2D eigenvalue weighted by Crippen LogP contribution is 2.35. The van der Waals surface area contributed by atoms with Gasteiger partial charge in [0, 0.05) is 17.4 Å². The molecule has 1 N–H and O–H groups in total. The van der Waals surface area contributed by atoms with Gasteiger partial charge in [-0.1, -0.05) is 0 Å². The van der Waals surface area contributed by atoms with Crippen molar-refractivity contribution in [1.29, 1.82) is 0 Å². The monoisotopic (exact) mass is 389 g/mol. The van der Waals surface area contributed by atoms with E-state index in [0.29, 0.717) is 18.4 Å². The first-order chi connectivity index (χ1) is 11.7. The van der Waals surface area contributed by atoms with Crippen molar-refractivity contribution in [3.05, 3.63) is 35.4 Å². The second-order valence-electron chi connectivity index (χ2n) is 8.35. The van der Waals surface area contributed by atoms with Gasteiger partial charge in [0.25, 0.3) is 0 Å². The second kappa shape index (κ2) is 8.23. The number of carbonyl (C=O) groups excluding carboxylic acids is 1. The Morgan fingerprint density at radius 2 is 1.58 bits per heavy atom. The number of methoxy groups -OCH3 is 1. The van der Waals surface area contributed by atoms with Gasteiger partial charge in [0.1, 0.15) is 16.4 Å². The van der Waals surface area contributed by atoms with Gasteiger partial charge >= 0.3 is 5.97 Å². The summed E-state index contributed by atoms with van der Waals surface area (Å²) in [5.74, 6) is -1.79. The van der Waals surface area contributed by atoms with Gasteiger partial charge in [-0.25, -0.2) is 8.78 Å². The minimum atomic E-state index is -1.47. The molecule has 0 bridgehead atoms. The summed E-state index contributed by atoms with van der Waals surface area (Å²) in [5, 5.41) is 0. The van der Waals surface area contributed by atoms with Gasteiger partial charge in [0.05, 0.1) is 18.1 Å². The van der Waals surface area contributed by atoms with Crippen molar-refractivity contribution in [2.45, 2.75) is 64.7 Å². The average molecular weight is 390 g/mol. The minimum absolute atomic E-state index is 0.333. The summed E-state index contributed by atoms with van der Waals surface area (Å²) in [7, 11) is 1.32. The van der Waals surface area contributed by atoms with Crippen molar-refractivity contribution in [2.24, 2.45) is 5.41 Å². The van der Waals surface area contributed by atoms with E-state index in [1.54, 1.807) is 41.5 Å². The quantitative estimate of drug-likeness (QED) is 0.560. The zero-order chi connectivity index (χ0) is 20.3. The Bertz CT molecular complexity index is 626. The van der Waals surface area contributed by atoms with Crippen molar-refractivity contribution in [3.8, 4) is 0 Å². The molecule has 26 heavy (non-hydrogen) atoms. The normalized spacial score (nSPS) is 16.1. The van der Waals surface area contributed by atoms with Gasteiger partial charge < -0.3 is 9.29 Å². The van der Waals surface area contributed by atoms with Crippen molar-refractivity contribution >= 4 is 17.3 Å². The SMILES string of the molecule is COC(=O)C(C)(C)CC[C@](C)(N[S@@+]([O-])C(C)(C)C)c1cc(F)cc(F)c1. The topological polar surface area (TPSA) is 61.4 Å². The summed E-state index contributed by atoms with van der Waals surface area (Å²) in [5.41, 5.74) is -1.44. The van der Waals surface area contributed by atoms with Crippen LogP contribution in [0.2, 0.25) is 0 Å². The van der Waals surface area contributed by atoms with Crippen LogP contribution in [0.4, 0.5) is 8.78 Å². The van der Waals surface area contributed by atoms with E-state index in [4.69, 9.17) is 4.74 Å². The third-order valence-corrected chi connectivity index (χ3v) is 6.11. The van der Waals surface area contributed by atoms with Crippen LogP contribution < -0.4 is 4.72 Å². The highest BCUT2D eigenvalue weighted by Gasteiger charge is 2.40. The summed E-state index contributed by atoms with van der Waals surface area (Å²) in [4.78, 5) is 12.0. The molecule has 1 rings (SSSR count). The summed E-state index contributed by atoms with van der Waals surface area (Å²) in [6.07, 6.45) is 0.711. The molecule has 148 valence electrons. The molecule has 4 nitrogen and oxygen atoms in total. The number of benzene rings is 1. The molecule has 0 aliphatic heterocycles. The standard InChI is InChI=1S/C19H29F2NO3S/c1-17(2,3)26(24)22-19(6,9-8-18(4,5)16(23)25-7)13-10-14(20)12-15(21)11-13/h10-12,22H,8-9H2,1-7H3/t19-,26-/m0/s1. The fraction of sp³-hybridized carbons (Fsp3) is 0.632. The van der Waals surface area contributed by atoms with E-state index in [9.17, 15) is 18.1 Å². The zero-order valence-corrected chi connectivity index (χ0v) is 17.4. The summed E-state index contributed by atoms with van der Waals surface area (Å²) < 4.78 is 47.5. The van der Waals surface area contributed by atoms with E-state index < -0.39 is 38.7 Å². The van der Waals surface area contributed by atoms with E-state index in [1.807, 2.05) is 0 Å². The maximum absolute atomic E-state index is 13.8. The lowest BCUT2D eigenvalue weighted by Crippen LogP contribution is -2.50. The molecule has 1 aromatic rings. The highest BCUT2D eigenvalue weighted by molar-refractivity contribution is 7.90. The van der Waals surface area contributed by atoms with Crippen molar-refractivity contribution in [3.63, 3.8) is 0 Å². The van der Waals surface area contributed by atoms with Crippen LogP contribution in [0, 0.1) is 17.0 Å². The lowest BCUT2D eigenvalue weighted by Gasteiger charge is -2.37. The van der Waals surface area contributed by atoms with Crippen molar-refractivity contribution < 1.29 is 22.9 Å². The predicted molar refractivity (Wildman–Crippen MR) is 99.8 cm³/mol. The second-order valence-corrected chi connectivity index (χ2v) is 10.3. The minimum Gasteiger partial charge on any atom is -0.598 e. The molecule has 0 aliphatic carbocycles. The number of rotatable bonds is 7. The lowest BCUT2D eigenvalue weighted by atomic mass is 9.80. The third-order valence-electron chi connectivity index (χ3n) is 4.36. The first kappa shape index (κ1) is 22.9. The predicted octanol–water partition coefficient (Wildman–Crippen LogP) is 4.21. The molecule has 0 saturated heterocycles. The average Bonchev–Trinajstić information content (AvgIpc) is 2.50. The number of halogens is 2. The molecule has 0 fully saturated rings. The van der Waals surface area contributed by atoms with Crippen LogP contribution >= 0.6 is 0 Å².